The molecule has 0 radical (unpaired) electrons. The second-order valence-corrected chi connectivity index (χ2v) is 4.86. The Hall–Kier alpha value is -1.87. The lowest BCUT2D eigenvalue weighted by Gasteiger charge is -2.06. The molecule has 0 unspecified atom stereocenters. The van der Waals surface area contributed by atoms with Crippen molar-refractivity contribution in [2.24, 2.45) is 0 Å². The van der Waals surface area contributed by atoms with Crippen LogP contribution in [0, 0.1) is 5.82 Å². The first-order chi connectivity index (χ1) is 9.60. The quantitative estimate of drug-likeness (QED) is 0.837. The van der Waals surface area contributed by atoms with Gasteiger partial charge in [-0.15, -0.1) is 0 Å². The monoisotopic (exact) mass is 292 g/mol. The van der Waals surface area contributed by atoms with E-state index >= 15 is 0 Å². The summed E-state index contributed by atoms with van der Waals surface area (Å²) in [5.41, 5.74) is 1.41. The summed E-state index contributed by atoms with van der Waals surface area (Å²) in [5, 5.41) is 0.571. The van der Waals surface area contributed by atoms with Crippen LogP contribution >= 0.6 is 11.6 Å². The molecule has 0 amide bonds. The Bertz CT molecular complexity index is 626. The van der Waals surface area contributed by atoms with E-state index in [1.807, 2.05) is 18.2 Å². The minimum absolute atomic E-state index is 0.0114. The van der Waals surface area contributed by atoms with Crippen LogP contribution in [0.3, 0.4) is 0 Å². The van der Waals surface area contributed by atoms with Crippen molar-refractivity contribution >= 4 is 17.4 Å². The van der Waals surface area contributed by atoms with Crippen molar-refractivity contribution < 1.29 is 13.9 Å². The first-order valence-electron chi connectivity index (χ1n) is 6.17. The summed E-state index contributed by atoms with van der Waals surface area (Å²) in [5.74, 6) is -0.300. The molecular formula is C16H14ClFO2. The van der Waals surface area contributed by atoms with Crippen molar-refractivity contribution in [2.45, 2.75) is 12.8 Å². The Balaban J connectivity index is 2.05. The van der Waals surface area contributed by atoms with E-state index in [2.05, 4.69) is 0 Å². The van der Waals surface area contributed by atoms with E-state index in [1.54, 1.807) is 12.1 Å². The molecule has 2 rings (SSSR count). The minimum atomic E-state index is -0.462. The summed E-state index contributed by atoms with van der Waals surface area (Å²) in [6.07, 6.45) is 0.416. The number of carbonyl (C=O) groups is 1. The molecule has 0 aliphatic rings. The van der Waals surface area contributed by atoms with Crippen molar-refractivity contribution in [1.82, 2.24) is 0 Å². The van der Waals surface area contributed by atoms with Crippen molar-refractivity contribution in [3.05, 3.63) is 64.4 Å². The highest BCUT2D eigenvalue weighted by molar-refractivity contribution is 6.31. The molecule has 0 N–H and O–H groups in total. The normalized spacial score (nSPS) is 10.3. The maximum atomic E-state index is 13.5. The standard InChI is InChI=1S/C16H14ClFO2/c1-20-16-7-6-11(9-15(16)18)8-13(19)10-12-4-2-3-5-14(12)17/h2-7,9H,8,10H2,1H3. The Morgan fingerprint density at radius 2 is 1.95 bits per heavy atom. The van der Waals surface area contributed by atoms with Gasteiger partial charge in [0.1, 0.15) is 5.78 Å². The molecule has 2 aromatic rings. The molecule has 2 nitrogen and oxygen atoms in total. The summed E-state index contributed by atoms with van der Waals surface area (Å²) in [4.78, 5) is 12.0. The molecule has 0 heterocycles. The van der Waals surface area contributed by atoms with Crippen LogP contribution in [0.1, 0.15) is 11.1 Å². The number of ketones is 1. The smallest absolute Gasteiger partial charge is 0.165 e. The number of methoxy groups -OCH3 is 1. The first kappa shape index (κ1) is 14.5. The van der Waals surface area contributed by atoms with E-state index in [4.69, 9.17) is 16.3 Å². The third-order valence-electron chi connectivity index (χ3n) is 2.96. The number of Topliss-reactive ketones (excluding diaryl/α,β-unsaturated/α-hetero) is 1. The van der Waals surface area contributed by atoms with E-state index in [0.717, 1.165) is 5.56 Å². The molecule has 2 aromatic carbocycles. The molecule has 0 aliphatic heterocycles. The maximum Gasteiger partial charge on any atom is 0.165 e. The summed E-state index contributed by atoms with van der Waals surface area (Å²) in [7, 11) is 1.40. The SMILES string of the molecule is COc1ccc(CC(=O)Cc2ccccc2Cl)cc1F. The van der Waals surface area contributed by atoms with Gasteiger partial charge in [0.15, 0.2) is 11.6 Å². The van der Waals surface area contributed by atoms with E-state index in [0.29, 0.717) is 10.6 Å². The Labute approximate surface area is 122 Å². The summed E-state index contributed by atoms with van der Waals surface area (Å²) < 4.78 is 18.4. The molecule has 0 aliphatic carbocycles. The van der Waals surface area contributed by atoms with E-state index in [1.165, 1.54) is 19.2 Å². The highest BCUT2D eigenvalue weighted by Crippen LogP contribution is 2.19. The third-order valence-corrected chi connectivity index (χ3v) is 3.33. The fourth-order valence-electron chi connectivity index (χ4n) is 1.96. The number of ether oxygens (including phenoxy) is 1. The van der Waals surface area contributed by atoms with Gasteiger partial charge in [-0.1, -0.05) is 35.9 Å². The molecule has 0 saturated heterocycles. The van der Waals surface area contributed by atoms with Crippen LogP contribution in [-0.2, 0) is 17.6 Å². The van der Waals surface area contributed by atoms with E-state index in [9.17, 15) is 9.18 Å². The lowest BCUT2D eigenvalue weighted by molar-refractivity contribution is -0.117. The number of hydrogen-bond donors (Lipinski definition) is 0. The Morgan fingerprint density at radius 1 is 1.20 bits per heavy atom. The highest BCUT2D eigenvalue weighted by Gasteiger charge is 2.10. The molecule has 0 bridgehead atoms. The molecule has 104 valence electrons. The minimum Gasteiger partial charge on any atom is -0.494 e. The predicted molar refractivity (Wildman–Crippen MR) is 76.8 cm³/mol. The molecule has 4 heteroatoms. The lowest BCUT2D eigenvalue weighted by atomic mass is 10.0. The van der Waals surface area contributed by atoms with Gasteiger partial charge in [-0.05, 0) is 29.3 Å². The number of hydrogen-bond acceptors (Lipinski definition) is 2. The average molecular weight is 293 g/mol. The fourth-order valence-corrected chi connectivity index (χ4v) is 2.17. The Morgan fingerprint density at radius 3 is 2.60 bits per heavy atom. The molecular weight excluding hydrogens is 279 g/mol. The zero-order valence-corrected chi connectivity index (χ0v) is 11.8. The zero-order valence-electron chi connectivity index (χ0n) is 11.0. The largest absolute Gasteiger partial charge is 0.494 e. The van der Waals surface area contributed by atoms with E-state index < -0.39 is 5.82 Å². The number of carbonyl (C=O) groups excluding carboxylic acids is 1. The molecule has 0 aromatic heterocycles. The zero-order chi connectivity index (χ0) is 14.5. The second kappa shape index (κ2) is 6.53. The number of rotatable bonds is 5. The predicted octanol–water partition coefficient (Wildman–Crippen LogP) is 3.84. The lowest BCUT2D eigenvalue weighted by Crippen LogP contribution is -2.07. The van der Waals surface area contributed by atoms with Crippen molar-refractivity contribution in [2.75, 3.05) is 7.11 Å². The van der Waals surface area contributed by atoms with Crippen LogP contribution in [0.15, 0.2) is 42.5 Å². The van der Waals surface area contributed by atoms with Crippen LogP contribution in [0.5, 0.6) is 5.75 Å². The van der Waals surface area contributed by atoms with Crippen LogP contribution in [0.4, 0.5) is 4.39 Å². The molecule has 0 saturated carbocycles. The Kier molecular flexibility index (Phi) is 4.74. The van der Waals surface area contributed by atoms with Crippen LogP contribution < -0.4 is 4.74 Å². The fraction of sp³-hybridized carbons (Fsp3) is 0.188. The van der Waals surface area contributed by atoms with Gasteiger partial charge in [0, 0.05) is 17.9 Å². The van der Waals surface area contributed by atoms with Crippen LogP contribution in [0.2, 0.25) is 5.02 Å². The summed E-state index contributed by atoms with van der Waals surface area (Å²) in [6, 6.07) is 11.7. The van der Waals surface area contributed by atoms with Gasteiger partial charge < -0.3 is 4.74 Å². The second-order valence-electron chi connectivity index (χ2n) is 4.45. The first-order valence-corrected chi connectivity index (χ1v) is 6.55. The average Bonchev–Trinajstić information content (AvgIpc) is 2.41. The molecule has 0 atom stereocenters. The van der Waals surface area contributed by atoms with Gasteiger partial charge >= 0.3 is 0 Å². The van der Waals surface area contributed by atoms with Gasteiger partial charge in [-0.2, -0.15) is 0 Å². The maximum absolute atomic E-state index is 13.5. The molecule has 0 fully saturated rings. The molecule has 20 heavy (non-hydrogen) atoms. The summed E-state index contributed by atoms with van der Waals surface area (Å²) >= 11 is 6.01. The summed E-state index contributed by atoms with van der Waals surface area (Å²) in [6.45, 7) is 0. The van der Waals surface area contributed by atoms with Crippen molar-refractivity contribution in [3.63, 3.8) is 0 Å². The topological polar surface area (TPSA) is 26.3 Å². The van der Waals surface area contributed by atoms with Gasteiger partial charge in [-0.25, -0.2) is 4.39 Å². The molecule has 0 spiro atoms. The van der Waals surface area contributed by atoms with Crippen molar-refractivity contribution in [3.8, 4) is 5.75 Å². The van der Waals surface area contributed by atoms with Crippen molar-refractivity contribution in [1.29, 1.82) is 0 Å². The van der Waals surface area contributed by atoms with Crippen LogP contribution in [0.25, 0.3) is 0 Å². The van der Waals surface area contributed by atoms with Gasteiger partial charge in [0.05, 0.1) is 7.11 Å². The number of halogens is 2. The number of benzene rings is 2. The third kappa shape index (κ3) is 3.58. The van der Waals surface area contributed by atoms with E-state index in [-0.39, 0.29) is 24.4 Å². The van der Waals surface area contributed by atoms with Gasteiger partial charge in [0.2, 0.25) is 0 Å². The van der Waals surface area contributed by atoms with Crippen LogP contribution in [-0.4, -0.2) is 12.9 Å². The van der Waals surface area contributed by atoms with Gasteiger partial charge in [-0.3, -0.25) is 4.79 Å². The van der Waals surface area contributed by atoms with Gasteiger partial charge in [0.25, 0.3) is 0 Å². The highest BCUT2D eigenvalue weighted by atomic mass is 35.5.